The van der Waals surface area contributed by atoms with Crippen LogP contribution in [0.3, 0.4) is 0 Å². The van der Waals surface area contributed by atoms with Crippen LogP contribution < -0.4 is 15.0 Å². The van der Waals surface area contributed by atoms with Gasteiger partial charge in [0.05, 0.1) is 24.5 Å². The van der Waals surface area contributed by atoms with Crippen molar-refractivity contribution < 1.29 is 9.53 Å². The van der Waals surface area contributed by atoms with Crippen molar-refractivity contribution in [3.8, 4) is 5.75 Å². The second-order valence-electron chi connectivity index (χ2n) is 6.34. The summed E-state index contributed by atoms with van der Waals surface area (Å²) in [4.78, 5) is 14.6. The Kier molecular flexibility index (Phi) is 5.24. The third-order valence-electron chi connectivity index (χ3n) is 4.64. The lowest BCUT2D eigenvalue weighted by atomic mass is 10.1. The van der Waals surface area contributed by atoms with Gasteiger partial charge in [-0.2, -0.15) is 0 Å². The lowest BCUT2D eigenvalue weighted by Gasteiger charge is -2.29. The molecule has 0 saturated carbocycles. The molecular weight excluding hydrogens is 342 g/mol. The number of hydrogen-bond donors (Lipinski definition) is 1. The fourth-order valence-electron chi connectivity index (χ4n) is 3.30. The number of fused-ring (bicyclic) bond motifs is 1. The van der Waals surface area contributed by atoms with Crippen LogP contribution in [0.15, 0.2) is 24.4 Å². The number of halogens is 1. The smallest absolute Gasteiger partial charge is 0.280 e. The zero-order chi connectivity index (χ0) is 16.5. The summed E-state index contributed by atoms with van der Waals surface area (Å²) in [6, 6.07) is 6.19. The Morgan fingerprint density at radius 3 is 2.92 bits per heavy atom. The summed E-state index contributed by atoms with van der Waals surface area (Å²) < 4.78 is 7.52. The third-order valence-corrected chi connectivity index (χ3v) is 4.64. The SMILES string of the molecule is Cc1ccc2c(c1)OCCN2C(=O)c1cn(C2CCNCC2)nn1.Cl. The Balaban J connectivity index is 0.00000182. The number of rotatable bonds is 2. The second kappa shape index (κ2) is 7.41. The molecule has 3 heterocycles. The summed E-state index contributed by atoms with van der Waals surface area (Å²) in [6.07, 6.45) is 3.80. The van der Waals surface area contributed by atoms with E-state index in [1.165, 1.54) is 0 Å². The van der Waals surface area contributed by atoms with Gasteiger partial charge in [0, 0.05) is 0 Å². The fraction of sp³-hybridized carbons (Fsp3) is 0.471. The van der Waals surface area contributed by atoms with Gasteiger partial charge in [0.15, 0.2) is 5.69 Å². The molecule has 2 aliphatic rings. The van der Waals surface area contributed by atoms with Crippen molar-refractivity contribution in [3.05, 3.63) is 35.7 Å². The van der Waals surface area contributed by atoms with Crippen LogP contribution in [-0.2, 0) is 0 Å². The Morgan fingerprint density at radius 2 is 2.12 bits per heavy atom. The molecule has 1 amide bonds. The van der Waals surface area contributed by atoms with Crippen LogP contribution in [-0.4, -0.2) is 47.1 Å². The normalized spacial score (nSPS) is 17.4. The van der Waals surface area contributed by atoms with Crippen LogP contribution >= 0.6 is 12.4 Å². The maximum Gasteiger partial charge on any atom is 0.280 e. The summed E-state index contributed by atoms with van der Waals surface area (Å²) >= 11 is 0. The number of hydrogen-bond acceptors (Lipinski definition) is 5. The van der Waals surface area contributed by atoms with Gasteiger partial charge >= 0.3 is 0 Å². The van der Waals surface area contributed by atoms with Gasteiger partial charge in [-0.1, -0.05) is 11.3 Å². The second-order valence-corrected chi connectivity index (χ2v) is 6.34. The summed E-state index contributed by atoms with van der Waals surface area (Å²) in [5.74, 6) is 0.629. The van der Waals surface area contributed by atoms with Crippen molar-refractivity contribution >= 4 is 24.0 Å². The third kappa shape index (κ3) is 3.48. The molecule has 134 valence electrons. The highest BCUT2D eigenvalue weighted by atomic mass is 35.5. The van der Waals surface area contributed by atoms with E-state index in [0.29, 0.717) is 24.9 Å². The molecule has 1 fully saturated rings. The summed E-state index contributed by atoms with van der Waals surface area (Å²) in [7, 11) is 0. The van der Waals surface area contributed by atoms with Gasteiger partial charge in [-0.05, 0) is 50.6 Å². The van der Waals surface area contributed by atoms with E-state index >= 15 is 0 Å². The predicted molar refractivity (Wildman–Crippen MR) is 96.8 cm³/mol. The fourth-order valence-corrected chi connectivity index (χ4v) is 3.30. The van der Waals surface area contributed by atoms with Crippen molar-refractivity contribution in [1.29, 1.82) is 0 Å². The van der Waals surface area contributed by atoms with Gasteiger partial charge < -0.3 is 10.1 Å². The van der Waals surface area contributed by atoms with Crippen LogP contribution in [0.25, 0.3) is 0 Å². The molecule has 1 N–H and O–H groups in total. The number of carbonyl (C=O) groups is 1. The standard InChI is InChI=1S/C17H21N5O2.ClH/c1-12-2-3-15-16(10-12)24-9-8-21(15)17(23)14-11-22(20-19-14)13-4-6-18-7-5-13;/h2-3,10-11,13,18H,4-9H2,1H3;1H. The number of nitrogens with zero attached hydrogens (tertiary/aromatic N) is 4. The zero-order valence-corrected chi connectivity index (χ0v) is 15.0. The van der Waals surface area contributed by atoms with E-state index in [4.69, 9.17) is 4.74 Å². The molecule has 0 spiro atoms. The summed E-state index contributed by atoms with van der Waals surface area (Å²) in [5, 5.41) is 11.6. The van der Waals surface area contributed by atoms with Gasteiger partial charge in [0.2, 0.25) is 0 Å². The molecular formula is C17H22ClN5O2. The molecule has 0 unspecified atom stereocenters. The minimum Gasteiger partial charge on any atom is -0.490 e. The Morgan fingerprint density at radius 1 is 1.32 bits per heavy atom. The number of nitrogens with one attached hydrogen (secondary N) is 1. The monoisotopic (exact) mass is 363 g/mol. The topological polar surface area (TPSA) is 72.3 Å². The van der Waals surface area contributed by atoms with E-state index in [-0.39, 0.29) is 18.3 Å². The first kappa shape index (κ1) is 17.7. The molecule has 25 heavy (non-hydrogen) atoms. The van der Waals surface area contributed by atoms with Crippen LogP contribution in [0.5, 0.6) is 5.75 Å². The largest absolute Gasteiger partial charge is 0.490 e. The molecule has 8 heteroatoms. The van der Waals surface area contributed by atoms with Crippen LogP contribution in [0.4, 0.5) is 5.69 Å². The number of carbonyl (C=O) groups excluding carboxylic acids is 1. The van der Waals surface area contributed by atoms with E-state index in [2.05, 4.69) is 15.6 Å². The highest BCUT2D eigenvalue weighted by Crippen LogP contribution is 2.33. The van der Waals surface area contributed by atoms with Crippen molar-refractivity contribution in [2.45, 2.75) is 25.8 Å². The lowest BCUT2D eigenvalue weighted by molar-refractivity contribution is 0.0971. The minimum absolute atomic E-state index is 0. The lowest BCUT2D eigenvalue weighted by Crippen LogP contribution is -2.38. The number of aromatic nitrogens is 3. The number of benzene rings is 1. The van der Waals surface area contributed by atoms with E-state index < -0.39 is 0 Å². The average Bonchev–Trinajstić information content (AvgIpc) is 3.11. The van der Waals surface area contributed by atoms with Crippen molar-refractivity contribution in [2.24, 2.45) is 0 Å². The first-order chi connectivity index (χ1) is 11.7. The molecule has 0 atom stereocenters. The number of amides is 1. The quantitative estimate of drug-likeness (QED) is 0.883. The molecule has 0 aliphatic carbocycles. The van der Waals surface area contributed by atoms with Gasteiger partial charge in [-0.25, -0.2) is 4.68 Å². The van der Waals surface area contributed by atoms with Gasteiger partial charge in [-0.15, -0.1) is 17.5 Å². The average molecular weight is 364 g/mol. The number of anilines is 1. The maximum absolute atomic E-state index is 12.9. The number of ether oxygens (including phenoxy) is 1. The highest BCUT2D eigenvalue weighted by Gasteiger charge is 2.27. The van der Waals surface area contributed by atoms with Crippen LogP contribution in [0.1, 0.15) is 34.9 Å². The number of piperidine rings is 1. The predicted octanol–water partition coefficient (Wildman–Crippen LogP) is 1.97. The maximum atomic E-state index is 12.9. The molecule has 0 bridgehead atoms. The molecule has 7 nitrogen and oxygen atoms in total. The Hall–Kier alpha value is -2.12. The Labute approximate surface area is 152 Å². The van der Waals surface area contributed by atoms with Gasteiger partial charge in [0.25, 0.3) is 5.91 Å². The first-order valence-corrected chi connectivity index (χ1v) is 8.40. The van der Waals surface area contributed by atoms with E-state index in [0.717, 1.165) is 42.9 Å². The molecule has 4 rings (SSSR count). The van der Waals surface area contributed by atoms with Crippen LogP contribution in [0, 0.1) is 6.92 Å². The van der Waals surface area contributed by atoms with E-state index in [1.807, 2.05) is 29.8 Å². The Bertz CT molecular complexity index is 757. The van der Waals surface area contributed by atoms with Crippen LogP contribution in [0.2, 0.25) is 0 Å². The minimum atomic E-state index is -0.122. The molecule has 1 aromatic heterocycles. The van der Waals surface area contributed by atoms with E-state index in [1.54, 1.807) is 11.1 Å². The van der Waals surface area contributed by atoms with Gasteiger partial charge in [-0.3, -0.25) is 9.69 Å². The molecule has 2 aromatic rings. The molecule has 1 aromatic carbocycles. The summed E-state index contributed by atoms with van der Waals surface area (Å²) in [5.41, 5.74) is 2.30. The molecule has 1 saturated heterocycles. The highest BCUT2D eigenvalue weighted by molar-refractivity contribution is 6.05. The van der Waals surface area contributed by atoms with Crippen molar-refractivity contribution in [1.82, 2.24) is 20.3 Å². The van der Waals surface area contributed by atoms with Crippen molar-refractivity contribution in [2.75, 3.05) is 31.1 Å². The van der Waals surface area contributed by atoms with E-state index in [9.17, 15) is 4.79 Å². The summed E-state index contributed by atoms with van der Waals surface area (Å²) in [6.45, 7) is 4.97. The molecule has 2 aliphatic heterocycles. The number of aryl methyl sites for hydroxylation is 1. The van der Waals surface area contributed by atoms with Crippen molar-refractivity contribution in [3.63, 3.8) is 0 Å². The first-order valence-electron chi connectivity index (χ1n) is 8.40. The van der Waals surface area contributed by atoms with Gasteiger partial charge in [0.1, 0.15) is 12.4 Å². The zero-order valence-electron chi connectivity index (χ0n) is 14.1. The molecule has 0 radical (unpaired) electrons.